The SMILES string of the molecule is CC(C)(CNS(=O)(=O)c1scnc1C(=O)O)c1cccs1. The summed E-state index contributed by atoms with van der Waals surface area (Å²) < 4.78 is 26.7. The van der Waals surface area contributed by atoms with E-state index < -0.39 is 21.7 Å². The van der Waals surface area contributed by atoms with Gasteiger partial charge in [0.05, 0.1) is 5.51 Å². The molecule has 2 aromatic rings. The predicted octanol–water partition coefficient (Wildman–Crippen LogP) is 2.16. The number of carboxylic acids is 1. The minimum atomic E-state index is -3.89. The van der Waals surface area contributed by atoms with Gasteiger partial charge in [0.25, 0.3) is 10.0 Å². The second-order valence-corrected chi connectivity index (χ2v) is 8.74. The van der Waals surface area contributed by atoms with E-state index in [4.69, 9.17) is 5.11 Å². The van der Waals surface area contributed by atoms with E-state index in [0.717, 1.165) is 16.2 Å². The maximum atomic E-state index is 12.2. The van der Waals surface area contributed by atoms with Gasteiger partial charge in [0.1, 0.15) is 0 Å². The van der Waals surface area contributed by atoms with Crippen molar-refractivity contribution >= 4 is 38.7 Å². The number of carbonyl (C=O) groups is 1. The highest BCUT2D eigenvalue weighted by atomic mass is 32.2. The van der Waals surface area contributed by atoms with Crippen LogP contribution in [0, 0.1) is 0 Å². The van der Waals surface area contributed by atoms with Gasteiger partial charge in [-0.3, -0.25) is 0 Å². The van der Waals surface area contributed by atoms with Gasteiger partial charge in [-0.05, 0) is 11.4 Å². The maximum Gasteiger partial charge on any atom is 0.356 e. The number of sulfonamides is 1. The quantitative estimate of drug-likeness (QED) is 0.835. The molecular weight excluding hydrogens is 332 g/mol. The van der Waals surface area contributed by atoms with Gasteiger partial charge in [0.2, 0.25) is 0 Å². The summed E-state index contributed by atoms with van der Waals surface area (Å²) in [5.41, 5.74) is 0.388. The Labute approximate surface area is 130 Å². The Hall–Kier alpha value is -1.29. The number of hydrogen-bond acceptors (Lipinski definition) is 6. The Morgan fingerprint density at radius 2 is 2.14 bits per heavy atom. The fourth-order valence-electron chi connectivity index (χ4n) is 1.66. The minimum Gasteiger partial charge on any atom is -0.476 e. The first-order chi connectivity index (χ1) is 9.74. The molecule has 114 valence electrons. The highest BCUT2D eigenvalue weighted by Gasteiger charge is 2.29. The fraction of sp³-hybridized carbons (Fsp3) is 0.333. The molecule has 0 amide bonds. The van der Waals surface area contributed by atoms with Crippen LogP contribution in [0.15, 0.2) is 27.2 Å². The summed E-state index contributed by atoms with van der Waals surface area (Å²) in [6.45, 7) is 4.02. The monoisotopic (exact) mass is 346 g/mol. The van der Waals surface area contributed by atoms with E-state index in [1.807, 2.05) is 31.4 Å². The third kappa shape index (κ3) is 3.49. The zero-order valence-corrected chi connectivity index (χ0v) is 13.8. The Kier molecular flexibility index (Phi) is 4.47. The molecule has 0 aliphatic heterocycles. The third-order valence-corrected chi connectivity index (χ3v) is 6.88. The number of thiophene rings is 1. The molecular formula is C12H14N2O4S3. The number of rotatable bonds is 6. The van der Waals surface area contributed by atoms with Crippen LogP contribution >= 0.6 is 22.7 Å². The Morgan fingerprint density at radius 3 is 2.71 bits per heavy atom. The standard InChI is InChI=1S/C12H14N2O4S3/c1-12(2,8-4-3-5-19-8)6-14-21(17,18)11-9(10(15)16)13-7-20-11/h3-5,7,14H,6H2,1-2H3,(H,15,16). The van der Waals surface area contributed by atoms with E-state index >= 15 is 0 Å². The second kappa shape index (κ2) is 5.84. The van der Waals surface area contributed by atoms with Gasteiger partial charge in [0.15, 0.2) is 9.90 Å². The van der Waals surface area contributed by atoms with Crippen LogP contribution in [-0.4, -0.2) is 31.0 Å². The molecule has 0 aliphatic carbocycles. The largest absolute Gasteiger partial charge is 0.476 e. The summed E-state index contributed by atoms with van der Waals surface area (Å²) in [7, 11) is -3.89. The molecule has 0 aromatic carbocycles. The van der Waals surface area contributed by atoms with Crippen LogP contribution < -0.4 is 4.72 Å². The zero-order valence-electron chi connectivity index (χ0n) is 11.4. The summed E-state index contributed by atoms with van der Waals surface area (Å²) in [6.07, 6.45) is 0. The molecule has 0 atom stereocenters. The molecule has 2 N–H and O–H groups in total. The van der Waals surface area contributed by atoms with Crippen LogP contribution in [0.25, 0.3) is 0 Å². The number of aromatic nitrogens is 1. The molecule has 0 aliphatic rings. The van der Waals surface area contributed by atoms with Crippen LogP contribution in [0.2, 0.25) is 0 Å². The van der Waals surface area contributed by atoms with Crippen LogP contribution in [0.5, 0.6) is 0 Å². The van der Waals surface area contributed by atoms with Crippen molar-refractivity contribution in [3.05, 3.63) is 33.6 Å². The molecule has 0 unspecified atom stereocenters. The van der Waals surface area contributed by atoms with Crippen molar-refractivity contribution in [3.8, 4) is 0 Å². The van der Waals surface area contributed by atoms with Gasteiger partial charge >= 0.3 is 5.97 Å². The summed E-state index contributed by atoms with van der Waals surface area (Å²) >= 11 is 2.34. The molecule has 0 radical (unpaired) electrons. The molecule has 21 heavy (non-hydrogen) atoms. The first-order valence-electron chi connectivity index (χ1n) is 5.94. The van der Waals surface area contributed by atoms with Crippen molar-refractivity contribution in [2.24, 2.45) is 0 Å². The number of nitrogens with one attached hydrogen (secondary N) is 1. The number of aromatic carboxylic acids is 1. The van der Waals surface area contributed by atoms with Crippen molar-refractivity contribution in [1.82, 2.24) is 9.71 Å². The van der Waals surface area contributed by atoms with Gasteiger partial charge < -0.3 is 5.11 Å². The van der Waals surface area contributed by atoms with Crippen LogP contribution in [0.1, 0.15) is 29.2 Å². The lowest BCUT2D eigenvalue weighted by atomic mass is 9.92. The topological polar surface area (TPSA) is 96.4 Å². The molecule has 0 saturated carbocycles. The van der Waals surface area contributed by atoms with Gasteiger partial charge in [-0.2, -0.15) is 0 Å². The molecule has 0 spiro atoms. The molecule has 6 nitrogen and oxygen atoms in total. The Morgan fingerprint density at radius 1 is 1.43 bits per heavy atom. The molecule has 9 heteroatoms. The number of hydrogen-bond donors (Lipinski definition) is 2. The highest BCUT2D eigenvalue weighted by molar-refractivity contribution is 7.91. The average Bonchev–Trinajstić information content (AvgIpc) is 3.07. The Balaban J connectivity index is 2.19. The predicted molar refractivity (Wildman–Crippen MR) is 81.6 cm³/mol. The molecule has 2 aromatic heterocycles. The lowest BCUT2D eigenvalue weighted by molar-refractivity contribution is 0.0687. The van der Waals surface area contributed by atoms with Crippen LogP contribution in [0.3, 0.4) is 0 Å². The first kappa shape index (κ1) is 16.1. The highest BCUT2D eigenvalue weighted by Crippen LogP contribution is 2.28. The van der Waals surface area contributed by atoms with Crippen molar-refractivity contribution in [2.75, 3.05) is 6.54 Å². The van der Waals surface area contributed by atoms with Gasteiger partial charge in [0, 0.05) is 16.8 Å². The fourth-order valence-corrected chi connectivity index (χ4v) is 4.91. The number of carboxylic acid groups (broad SMARTS) is 1. The van der Waals surface area contributed by atoms with E-state index in [9.17, 15) is 13.2 Å². The first-order valence-corrected chi connectivity index (χ1v) is 9.19. The van der Waals surface area contributed by atoms with Crippen molar-refractivity contribution in [3.63, 3.8) is 0 Å². The number of thiazole rings is 1. The number of nitrogens with zero attached hydrogens (tertiary/aromatic N) is 1. The van der Waals surface area contributed by atoms with E-state index in [0.29, 0.717) is 0 Å². The lowest BCUT2D eigenvalue weighted by Gasteiger charge is -2.23. The molecule has 2 rings (SSSR count). The zero-order chi connectivity index (χ0) is 15.7. The third-order valence-electron chi connectivity index (χ3n) is 2.87. The van der Waals surface area contributed by atoms with E-state index in [-0.39, 0.29) is 16.2 Å². The van der Waals surface area contributed by atoms with Crippen LogP contribution in [0.4, 0.5) is 0 Å². The van der Waals surface area contributed by atoms with Crippen molar-refractivity contribution in [1.29, 1.82) is 0 Å². The minimum absolute atomic E-state index is 0.173. The van der Waals surface area contributed by atoms with Crippen LogP contribution in [-0.2, 0) is 15.4 Å². The van der Waals surface area contributed by atoms with Gasteiger partial charge in [-0.1, -0.05) is 19.9 Å². The lowest BCUT2D eigenvalue weighted by Crippen LogP contribution is -2.36. The van der Waals surface area contributed by atoms with E-state index in [1.54, 1.807) is 11.3 Å². The summed E-state index contributed by atoms with van der Waals surface area (Å²) in [5, 5.41) is 10.9. The summed E-state index contributed by atoms with van der Waals surface area (Å²) in [5.74, 6) is -1.35. The van der Waals surface area contributed by atoms with Gasteiger partial charge in [-0.25, -0.2) is 22.9 Å². The molecule has 0 fully saturated rings. The summed E-state index contributed by atoms with van der Waals surface area (Å²) in [4.78, 5) is 15.6. The summed E-state index contributed by atoms with van der Waals surface area (Å²) in [6, 6.07) is 3.84. The second-order valence-electron chi connectivity index (χ2n) is 4.98. The van der Waals surface area contributed by atoms with Gasteiger partial charge in [-0.15, -0.1) is 22.7 Å². The molecule has 0 saturated heterocycles. The van der Waals surface area contributed by atoms with E-state index in [2.05, 4.69) is 9.71 Å². The van der Waals surface area contributed by atoms with Crippen molar-refractivity contribution < 1.29 is 18.3 Å². The Bertz CT molecular complexity index is 732. The molecule has 0 bridgehead atoms. The van der Waals surface area contributed by atoms with Crippen molar-refractivity contribution in [2.45, 2.75) is 23.5 Å². The average molecular weight is 346 g/mol. The maximum absolute atomic E-state index is 12.2. The van der Waals surface area contributed by atoms with E-state index in [1.165, 1.54) is 5.51 Å². The smallest absolute Gasteiger partial charge is 0.356 e. The molecule has 2 heterocycles. The normalized spacial score (nSPS) is 12.5.